The number of hydrogen-bond acceptors (Lipinski definition) is 4. The smallest absolute Gasteiger partial charge is 0.272 e. The number of aryl methyl sites for hydroxylation is 4. The number of amides is 1. The second kappa shape index (κ2) is 7.33. The van der Waals surface area contributed by atoms with E-state index in [-0.39, 0.29) is 5.91 Å². The second-order valence-electron chi connectivity index (χ2n) is 7.90. The van der Waals surface area contributed by atoms with Gasteiger partial charge >= 0.3 is 0 Å². The third-order valence-electron chi connectivity index (χ3n) is 5.86. The first kappa shape index (κ1) is 19.2. The van der Waals surface area contributed by atoms with Gasteiger partial charge in [-0.3, -0.25) is 9.48 Å². The number of likely N-dealkylation sites (tertiary alicyclic amines) is 1. The molecule has 2 saturated heterocycles. The highest BCUT2D eigenvalue weighted by Gasteiger charge is 2.41. The van der Waals surface area contributed by atoms with E-state index < -0.39 is 5.79 Å². The number of piperidine rings is 1. The minimum atomic E-state index is -0.469. The van der Waals surface area contributed by atoms with Crippen molar-refractivity contribution < 1.29 is 14.3 Å². The molecule has 1 aromatic heterocycles. The lowest BCUT2D eigenvalue weighted by atomic mass is 9.97. The molecule has 4 rings (SSSR count). The summed E-state index contributed by atoms with van der Waals surface area (Å²) in [5, 5.41) is 4.76. The summed E-state index contributed by atoms with van der Waals surface area (Å²) in [7, 11) is 0. The van der Waals surface area contributed by atoms with Crippen LogP contribution in [0, 0.1) is 20.8 Å². The number of benzene rings is 1. The van der Waals surface area contributed by atoms with Crippen molar-refractivity contribution in [3.05, 3.63) is 40.6 Å². The van der Waals surface area contributed by atoms with Crippen molar-refractivity contribution in [2.75, 3.05) is 26.3 Å². The van der Waals surface area contributed by atoms with Gasteiger partial charge in [-0.15, -0.1) is 0 Å². The molecule has 150 valence electrons. The molecule has 6 nitrogen and oxygen atoms in total. The molecule has 2 fully saturated rings. The molecule has 2 aromatic rings. The van der Waals surface area contributed by atoms with Crippen molar-refractivity contribution in [1.29, 1.82) is 0 Å². The molecule has 1 aromatic carbocycles. The van der Waals surface area contributed by atoms with Gasteiger partial charge in [0.05, 0.1) is 18.9 Å². The Morgan fingerprint density at radius 1 is 1.07 bits per heavy atom. The van der Waals surface area contributed by atoms with Crippen LogP contribution in [0.4, 0.5) is 0 Å². The Hall–Kier alpha value is -2.18. The Labute approximate surface area is 166 Å². The minimum absolute atomic E-state index is 0.0378. The lowest BCUT2D eigenvalue weighted by molar-refractivity contribution is -0.181. The SMILES string of the molecule is CCn1nc(-c2c(C)cc(C)cc2C)cc1C(=O)N1CCC2(CC1)OCCO2. The maximum absolute atomic E-state index is 13.2. The number of aromatic nitrogens is 2. The quantitative estimate of drug-likeness (QED) is 0.814. The molecular weight excluding hydrogens is 354 g/mol. The monoisotopic (exact) mass is 383 g/mol. The maximum atomic E-state index is 13.2. The second-order valence-corrected chi connectivity index (χ2v) is 7.90. The lowest BCUT2D eigenvalue weighted by Gasteiger charge is -2.37. The summed E-state index contributed by atoms with van der Waals surface area (Å²) in [6.07, 6.45) is 1.45. The van der Waals surface area contributed by atoms with Crippen LogP contribution in [-0.2, 0) is 16.0 Å². The Balaban J connectivity index is 1.59. The van der Waals surface area contributed by atoms with Crippen LogP contribution in [0.3, 0.4) is 0 Å². The zero-order chi connectivity index (χ0) is 19.9. The average Bonchev–Trinajstić information content (AvgIpc) is 3.28. The summed E-state index contributed by atoms with van der Waals surface area (Å²) in [6.45, 7) is 11.6. The van der Waals surface area contributed by atoms with Crippen molar-refractivity contribution in [1.82, 2.24) is 14.7 Å². The zero-order valence-electron chi connectivity index (χ0n) is 17.2. The fraction of sp³-hybridized carbons (Fsp3) is 0.545. The molecule has 0 aliphatic carbocycles. The van der Waals surface area contributed by atoms with Crippen LogP contribution in [0.25, 0.3) is 11.3 Å². The van der Waals surface area contributed by atoms with Crippen LogP contribution in [0.1, 0.15) is 46.9 Å². The van der Waals surface area contributed by atoms with E-state index in [1.165, 1.54) is 16.7 Å². The van der Waals surface area contributed by atoms with E-state index in [9.17, 15) is 4.79 Å². The van der Waals surface area contributed by atoms with E-state index in [1.54, 1.807) is 0 Å². The Morgan fingerprint density at radius 3 is 2.25 bits per heavy atom. The van der Waals surface area contributed by atoms with Gasteiger partial charge in [0.15, 0.2) is 5.79 Å². The van der Waals surface area contributed by atoms with Gasteiger partial charge in [0.25, 0.3) is 5.91 Å². The van der Waals surface area contributed by atoms with Crippen molar-refractivity contribution in [2.45, 2.75) is 52.9 Å². The van der Waals surface area contributed by atoms with Crippen molar-refractivity contribution in [3.8, 4) is 11.3 Å². The summed E-state index contributed by atoms with van der Waals surface area (Å²) in [5.41, 5.74) is 6.26. The van der Waals surface area contributed by atoms with Gasteiger partial charge < -0.3 is 14.4 Å². The molecule has 0 radical (unpaired) electrons. The largest absolute Gasteiger partial charge is 0.347 e. The van der Waals surface area contributed by atoms with E-state index in [2.05, 4.69) is 32.9 Å². The highest BCUT2D eigenvalue weighted by Crippen LogP contribution is 2.33. The molecule has 1 amide bonds. The van der Waals surface area contributed by atoms with Crippen LogP contribution in [0.2, 0.25) is 0 Å². The number of carbonyl (C=O) groups excluding carboxylic acids is 1. The van der Waals surface area contributed by atoms with E-state index >= 15 is 0 Å². The predicted octanol–water partition coefficient (Wildman–Crippen LogP) is 3.47. The highest BCUT2D eigenvalue weighted by molar-refractivity contribution is 5.94. The van der Waals surface area contributed by atoms with Crippen LogP contribution in [0.15, 0.2) is 18.2 Å². The van der Waals surface area contributed by atoms with Crippen LogP contribution < -0.4 is 0 Å². The molecule has 0 N–H and O–H groups in total. The van der Waals surface area contributed by atoms with Gasteiger partial charge in [0.2, 0.25) is 0 Å². The minimum Gasteiger partial charge on any atom is -0.347 e. The standard InChI is InChI=1S/C22H29N3O3/c1-5-25-19(14-18(23-25)20-16(3)12-15(2)13-17(20)4)21(26)24-8-6-22(7-9-24)27-10-11-28-22/h12-14H,5-11H2,1-4H3. The first-order valence-corrected chi connectivity index (χ1v) is 10.2. The molecule has 1 spiro atoms. The highest BCUT2D eigenvalue weighted by atomic mass is 16.7. The van der Waals surface area contributed by atoms with Gasteiger partial charge in [-0.1, -0.05) is 17.7 Å². The first-order valence-electron chi connectivity index (χ1n) is 10.2. The van der Waals surface area contributed by atoms with Gasteiger partial charge in [-0.2, -0.15) is 5.10 Å². The number of nitrogens with zero attached hydrogens (tertiary/aromatic N) is 3. The van der Waals surface area contributed by atoms with E-state index in [1.807, 2.05) is 22.6 Å². The number of hydrogen-bond donors (Lipinski definition) is 0. The summed E-state index contributed by atoms with van der Waals surface area (Å²) in [5.74, 6) is -0.431. The fourth-order valence-electron chi connectivity index (χ4n) is 4.53. The maximum Gasteiger partial charge on any atom is 0.272 e. The van der Waals surface area contributed by atoms with Crippen LogP contribution in [0.5, 0.6) is 0 Å². The van der Waals surface area contributed by atoms with Crippen molar-refractivity contribution in [3.63, 3.8) is 0 Å². The Bertz CT molecular complexity index is 863. The van der Waals surface area contributed by atoms with Gasteiger partial charge in [0, 0.05) is 38.0 Å². The predicted molar refractivity (Wildman–Crippen MR) is 107 cm³/mol. The molecule has 2 aliphatic rings. The molecule has 0 atom stereocenters. The summed E-state index contributed by atoms with van der Waals surface area (Å²) in [6, 6.07) is 6.28. The van der Waals surface area contributed by atoms with E-state index in [4.69, 9.17) is 14.6 Å². The molecule has 0 unspecified atom stereocenters. The lowest BCUT2D eigenvalue weighted by Crippen LogP contribution is -2.47. The molecular formula is C22H29N3O3. The molecule has 28 heavy (non-hydrogen) atoms. The Morgan fingerprint density at radius 2 is 1.68 bits per heavy atom. The molecule has 6 heteroatoms. The summed E-state index contributed by atoms with van der Waals surface area (Å²) in [4.78, 5) is 15.1. The summed E-state index contributed by atoms with van der Waals surface area (Å²) < 4.78 is 13.4. The van der Waals surface area contributed by atoms with E-state index in [0.717, 1.165) is 24.1 Å². The fourth-order valence-corrected chi connectivity index (χ4v) is 4.53. The molecule has 3 heterocycles. The van der Waals surface area contributed by atoms with Gasteiger partial charge in [0.1, 0.15) is 5.69 Å². The first-order chi connectivity index (χ1) is 13.4. The normalized spacial score (nSPS) is 18.8. The number of rotatable bonds is 3. The topological polar surface area (TPSA) is 56.6 Å². The third-order valence-corrected chi connectivity index (χ3v) is 5.86. The third kappa shape index (κ3) is 3.35. The molecule has 0 bridgehead atoms. The average molecular weight is 383 g/mol. The van der Waals surface area contributed by atoms with Crippen LogP contribution in [-0.4, -0.2) is 52.7 Å². The van der Waals surface area contributed by atoms with Gasteiger partial charge in [-0.25, -0.2) is 0 Å². The number of ether oxygens (including phenoxy) is 2. The van der Waals surface area contributed by atoms with Crippen molar-refractivity contribution >= 4 is 5.91 Å². The zero-order valence-corrected chi connectivity index (χ0v) is 17.2. The molecule has 0 saturated carbocycles. The molecule has 2 aliphatic heterocycles. The van der Waals surface area contributed by atoms with Crippen LogP contribution >= 0.6 is 0 Å². The van der Waals surface area contributed by atoms with Crippen molar-refractivity contribution in [2.24, 2.45) is 0 Å². The summed E-state index contributed by atoms with van der Waals surface area (Å²) >= 11 is 0. The van der Waals surface area contributed by atoms with Gasteiger partial charge in [-0.05, 0) is 44.9 Å². The van der Waals surface area contributed by atoms with E-state index in [0.29, 0.717) is 38.5 Å². The number of carbonyl (C=O) groups is 1. The Kier molecular flexibility index (Phi) is 5.02.